The Morgan fingerprint density at radius 1 is 1.16 bits per heavy atom. The largest absolute Gasteiger partial charge is 0.374 e. The lowest BCUT2D eigenvalue weighted by Gasteiger charge is -2.15. The Bertz CT molecular complexity index is 1150. The maximum atomic E-state index is 14.5. The number of aromatic nitrogens is 2. The van der Waals surface area contributed by atoms with Crippen molar-refractivity contribution in [2.45, 2.75) is 25.1 Å². The van der Waals surface area contributed by atoms with E-state index in [0.29, 0.717) is 35.9 Å². The summed E-state index contributed by atoms with van der Waals surface area (Å²) in [6.45, 7) is 1.01. The van der Waals surface area contributed by atoms with Crippen LogP contribution in [0.3, 0.4) is 0 Å². The zero-order chi connectivity index (χ0) is 21.5. The smallest absolute Gasteiger partial charge is 0.227 e. The van der Waals surface area contributed by atoms with Crippen molar-refractivity contribution >= 4 is 29.0 Å². The Hall–Kier alpha value is -3.07. The summed E-state index contributed by atoms with van der Waals surface area (Å²) in [6, 6.07) is 11.9. The Morgan fingerprint density at radius 3 is 2.68 bits per heavy atom. The molecular formula is C22H19ClFN5O2. The van der Waals surface area contributed by atoms with Crippen LogP contribution in [-0.2, 0) is 11.3 Å². The van der Waals surface area contributed by atoms with Crippen molar-refractivity contribution in [3.05, 3.63) is 70.1 Å². The summed E-state index contributed by atoms with van der Waals surface area (Å²) in [5, 5.41) is 19.5. The molecule has 158 valence electrons. The van der Waals surface area contributed by atoms with Gasteiger partial charge in [-0.3, -0.25) is 10.1 Å². The van der Waals surface area contributed by atoms with Gasteiger partial charge in [-0.2, -0.15) is 0 Å². The summed E-state index contributed by atoms with van der Waals surface area (Å²) < 4.78 is 14.5. The minimum Gasteiger partial charge on any atom is -0.374 e. The van der Waals surface area contributed by atoms with Crippen LogP contribution < -0.4 is 16.0 Å². The van der Waals surface area contributed by atoms with Crippen molar-refractivity contribution in [3.63, 3.8) is 0 Å². The number of aliphatic hydroxyl groups is 1. The number of benzene rings is 2. The molecule has 7 nitrogen and oxygen atoms in total. The minimum atomic E-state index is -0.941. The van der Waals surface area contributed by atoms with Crippen LogP contribution >= 0.6 is 11.6 Å². The van der Waals surface area contributed by atoms with Gasteiger partial charge in [-0.1, -0.05) is 29.8 Å². The van der Waals surface area contributed by atoms with Gasteiger partial charge in [0.25, 0.3) is 0 Å². The van der Waals surface area contributed by atoms with Crippen LogP contribution in [0, 0.1) is 5.82 Å². The Morgan fingerprint density at radius 2 is 1.97 bits per heavy atom. The van der Waals surface area contributed by atoms with Gasteiger partial charge in [-0.25, -0.2) is 14.4 Å². The predicted molar refractivity (Wildman–Crippen MR) is 114 cm³/mol. The van der Waals surface area contributed by atoms with Gasteiger partial charge in [-0.05, 0) is 36.2 Å². The molecule has 4 N–H and O–H groups in total. The molecule has 2 unspecified atom stereocenters. The topological polar surface area (TPSA) is 99.2 Å². The van der Waals surface area contributed by atoms with E-state index in [-0.39, 0.29) is 28.2 Å². The molecule has 0 bridgehead atoms. The number of amides is 1. The molecule has 2 aliphatic heterocycles. The summed E-state index contributed by atoms with van der Waals surface area (Å²) in [4.78, 5) is 20.8. The van der Waals surface area contributed by atoms with E-state index in [4.69, 9.17) is 11.6 Å². The van der Waals surface area contributed by atoms with Crippen molar-refractivity contribution in [2.24, 2.45) is 0 Å². The highest BCUT2D eigenvalue weighted by atomic mass is 35.5. The highest BCUT2D eigenvalue weighted by Crippen LogP contribution is 2.35. The van der Waals surface area contributed by atoms with Gasteiger partial charge < -0.3 is 15.7 Å². The molecule has 2 aromatic carbocycles. The predicted octanol–water partition coefficient (Wildman–Crippen LogP) is 3.38. The molecule has 5 rings (SSSR count). The number of hydrogen-bond donors (Lipinski definition) is 4. The van der Waals surface area contributed by atoms with Crippen LogP contribution in [0.2, 0.25) is 5.02 Å². The van der Waals surface area contributed by atoms with Gasteiger partial charge in [-0.15, -0.1) is 0 Å². The van der Waals surface area contributed by atoms with Gasteiger partial charge in [0.1, 0.15) is 17.9 Å². The Labute approximate surface area is 182 Å². The molecule has 3 heterocycles. The van der Waals surface area contributed by atoms with Gasteiger partial charge in [0.15, 0.2) is 5.82 Å². The van der Waals surface area contributed by atoms with Crippen LogP contribution in [0.4, 0.5) is 15.9 Å². The van der Waals surface area contributed by atoms with Crippen LogP contribution in [-0.4, -0.2) is 27.5 Å². The van der Waals surface area contributed by atoms with E-state index in [1.54, 1.807) is 6.07 Å². The quantitative estimate of drug-likeness (QED) is 0.497. The van der Waals surface area contributed by atoms with Crippen LogP contribution in [0.15, 0.2) is 42.5 Å². The molecular weight excluding hydrogens is 421 g/mol. The number of fused-ring (bicyclic) bond motifs is 1. The maximum Gasteiger partial charge on any atom is 0.227 e. The average molecular weight is 440 g/mol. The lowest BCUT2D eigenvalue weighted by Crippen LogP contribution is -2.17. The Balaban J connectivity index is 1.51. The zero-order valence-electron chi connectivity index (χ0n) is 16.3. The third-order valence-corrected chi connectivity index (χ3v) is 5.89. The molecule has 1 aromatic heterocycles. The van der Waals surface area contributed by atoms with E-state index in [0.717, 1.165) is 12.0 Å². The number of carbonyl (C=O) groups is 1. The first kappa shape index (κ1) is 19.9. The first-order chi connectivity index (χ1) is 15.0. The van der Waals surface area contributed by atoms with Crippen molar-refractivity contribution < 1.29 is 14.3 Å². The zero-order valence-corrected chi connectivity index (χ0v) is 17.1. The van der Waals surface area contributed by atoms with Gasteiger partial charge in [0.05, 0.1) is 27.8 Å². The van der Waals surface area contributed by atoms with E-state index in [1.165, 1.54) is 12.1 Å². The fourth-order valence-corrected chi connectivity index (χ4v) is 4.25. The van der Waals surface area contributed by atoms with Crippen LogP contribution in [0.25, 0.3) is 11.4 Å². The molecule has 0 radical (unpaired) electrons. The SMILES string of the molecule is O=C1NCCC1c1ccc(Nc2nc(-c3c(F)cccc3Cl)nc3c2C(O)NC3)cc1. The average Bonchev–Trinajstić information content (AvgIpc) is 3.34. The fraction of sp³-hybridized carbons (Fsp3) is 0.227. The summed E-state index contributed by atoms with van der Waals surface area (Å²) in [5.41, 5.74) is 2.84. The third-order valence-electron chi connectivity index (χ3n) is 5.57. The molecule has 1 amide bonds. The number of anilines is 2. The summed E-state index contributed by atoms with van der Waals surface area (Å²) in [5.74, 6) is -0.125. The van der Waals surface area contributed by atoms with Crippen molar-refractivity contribution in [1.29, 1.82) is 0 Å². The summed E-state index contributed by atoms with van der Waals surface area (Å²) in [6.07, 6.45) is -0.167. The molecule has 9 heteroatoms. The Kier molecular flexibility index (Phi) is 5.05. The van der Waals surface area contributed by atoms with Crippen LogP contribution in [0.1, 0.15) is 35.4 Å². The second-order valence-electron chi connectivity index (χ2n) is 7.52. The van der Waals surface area contributed by atoms with Gasteiger partial charge in [0, 0.05) is 18.8 Å². The number of halogens is 2. The number of aliphatic hydroxyl groups excluding tert-OH is 1. The maximum absolute atomic E-state index is 14.5. The highest BCUT2D eigenvalue weighted by molar-refractivity contribution is 6.33. The van der Waals surface area contributed by atoms with Gasteiger partial charge >= 0.3 is 0 Å². The third kappa shape index (κ3) is 3.63. The normalized spacial score (nSPS) is 19.9. The monoisotopic (exact) mass is 439 g/mol. The van der Waals surface area contributed by atoms with Crippen molar-refractivity contribution in [3.8, 4) is 11.4 Å². The lowest BCUT2D eigenvalue weighted by molar-refractivity contribution is -0.120. The molecule has 0 saturated carbocycles. The summed E-state index contributed by atoms with van der Waals surface area (Å²) >= 11 is 6.21. The number of nitrogens with zero attached hydrogens (tertiary/aromatic N) is 2. The fourth-order valence-electron chi connectivity index (χ4n) is 4.00. The van der Waals surface area contributed by atoms with E-state index in [2.05, 4.69) is 25.9 Å². The molecule has 1 saturated heterocycles. The minimum absolute atomic E-state index is 0.0370. The van der Waals surface area contributed by atoms with Crippen molar-refractivity contribution in [2.75, 3.05) is 11.9 Å². The molecule has 1 fully saturated rings. The number of nitrogens with one attached hydrogen (secondary N) is 3. The molecule has 0 spiro atoms. The highest BCUT2D eigenvalue weighted by Gasteiger charge is 2.29. The molecule has 0 aliphatic carbocycles. The first-order valence-electron chi connectivity index (χ1n) is 9.92. The van der Waals surface area contributed by atoms with Crippen LogP contribution in [0.5, 0.6) is 0 Å². The number of rotatable bonds is 4. The number of carbonyl (C=O) groups excluding carboxylic acids is 1. The second kappa shape index (κ2) is 7.88. The van der Waals surface area contributed by atoms with Crippen molar-refractivity contribution in [1.82, 2.24) is 20.6 Å². The lowest BCUT2D eigenvalue weighted by atomic mass is 9.97. The summed E-state index contributed by atoms with van der Waals surface area (Å²) in [7, 11) is 0. The molecule has 31 heavy (non-hydrogen) atoms. The van der Waals surface area contributed by atoms with E-state index in [9.17, 15) is 14.3 Å². The molecule has 2 atom stereocenters. The van der Waals surface area contributed by atoms with E-state index >= 15 is 0 Å². The standard InChI is InChI=1S/C22H19ClFN5O2/c23-14-2-1-3-15(24)17(14)19-28-16-10-26-22(31)18(16)20(29-19)27-12-6-4-11(5-7-12)13-8-9-25-21(13)30/h1-7,13,22,26,31H,8-10H2,(H,25,30)(H,27,28,29). The number of hydrogen-bond acceptors (Lipinski definition) is 6. The van der Waals surface area contributed by atoms with E-state index < -0.39 is 12.0 Å². The first-order valence-corrected chi connectivity index (χ1v) is 10.3. The molecule has 2 aliphatic rings. The molecule has 3 aromatic rings. The second-order valence-corrected chi connectivity index (χ2v) is 7.92. The van der Waals surface area contributed by atoms with Gasteiger partial charge in [0.2, 0.25) is 5.91 Å². The van der Waals surface area contributed by atoms with E-state index in [1.807, 2.05) is 24.3 Å².